The number of Topliss-reactive ketones (excluding diaryl/α,β-unsaturated/α-hetero) is 1. The summed E-state index contributed by atoms with van der Waals surface area (Å²) in [7, 11) is 0. The minimum absolute atomic E-state index is 0.0123. The molecule has 0 saturated heterocycles. The number of carbonyl (C=O) groups excluding carboxylic acids is 2. The predicted molar refractivity (Wildman–Crippen MR) is 58.5 cm³/mol. The SMILES string of the molecule is CCCC(=O)c1c(C)nn2c1C(=O)NCC2. The molecule has 2 rings (SSSR count). The Balaban J connectivity index is 2.48. The second kappa shape index (κ2) is 4.08. The number of fused-ring (bicyclic) bond motifs is 1. The average molecular weight is 221 g/mol. The minimum atomic E-state index is -0.189. The Morgan fingerprint density at radius 3 is 3.00 bits per heavy atom. The highest BCUT2D eigenvalue weighted by atomic mass is 16.2. The lowest BCUT2D eigenvalue weighted by molar-refractivity contribution is 0.0907. The predicted octanol–water partition coefficient (Wildman–Crippen LogP) is 0.918. The van der Waals surface area contributed by atoms with Crippen LogP contribution >= 0.6 is 0 Å². The maximum Gasteiger partial charge on any atom is 0.270 e. The molecule has 1 aromatic heterocycles. The van der Waals surface area contributed by atoms with Gasteiger partial charge in [0.25, 0.3) is 5.91 Å². The van der Waals surface area contributed by atoms with Gasteiger partial charge in [-0.1, -0.05) is 6.92 Å². The molecule has 0 aliphatic carbocycles. The van der Waals surface area contributed by atoms with Crippen molar-refractivity contribution in [2.45, 2.75) is 33.2 Å². The van der Waals surface area contributed by atoms with Crippen molar-refractivity contribution in [3.8, 4) is 0 Å². The molecule has 0 saturated carbocycles. The van der Waals surface area contributed by atoms with Crippen molar-refractivity contribution < 1.29 is 9.59 Å². The first-order valence-corrected chi connectivity index (χ1v) is 5.54. The fraction of sp³-hybridized carbons (Fsp3) is 0.545. The van der Waals surface area contributed by atoms with Gasteiger partial charge in [-0.05, 0) is 13.3 Å². The third-order valence-electron chi connectivity index (χ3n) is 2.71. The zero-order valence-corrected chi connectivity index (χ0v) is 9.54. The number of aromatic nitrogens is 2. The molecule has 0 atom stereocenters. The van der Waals surface area contributed by atoms with Gasteiger partial charge in [0.2, 0.25) is 0 Å². The van der Waals surface area contributed by atoms with Crippen LogP contribution < -0.4 is 5.32 Å². The first-order chi connectivity index (χ1) is 7.65. The van der Waals surface area contributed by atoms with E-state index < -0.39 is 0 Å². The van der Waals surface area contributed by atoms with Crippen molar-refractivity contribution in [3.63, 3.8) is 0 Å². The summed E-state index contributed by atoms with van der Waals surface area (Å²) in [5, 5.41) is 6.98. The molecule has 1 aliphatic heterocycles. The topological polar surface area (TPSA) is 64.0 Å². The summed E-state index contributed by atoms with van der Waals surface area (Å²) in [5.74, 6) is -0.176. The summed E-state index contributed by atoms with van der Waals surface area (Å²) in [6, 6.07) is 0. The molecule has 0 fully saturated rings. The van der Waals surface area contributed by atoms with Crippen LogP contribution in [0.25, 0.3) is 0 Å². The monoisotopic (exact) mass is 221 g/mol. The molecule has 1 N–H and O–H groups in total. The highest BCUT2D eigenvalue weighted by molar-refractivity contribution is 6.08. The van der Waals surface area contributed by atoms with Gasteiger partial charge < -0.3 is 5.32 Å². The van der Waals surface area contributed by atoms with E-state index in [1.165, 1.54) is 0 Å². The van der Waals surface area contributed by atoms with Crippen molar-refractivity contribution in [2.24, 2.45) is 0 Å². The number of hydrogen-bond acceptors (Lipinski definition) is 3. The molecular weight excluding hydrogens is 206 g/mol. The quantitative estimate of drug-likeness (QED) is 0.772. The van der Waals surface area contributed by atoms with E-state index in [1.54, 1.807) is 11.6 Å². The van der Waals surface area contributed by atoms with Gasteiger partial charge in [-0.25, -0.2) is 0 Å². The van der Waals surface area contributed by atoms with Gasteiger partial charge in [0.15, 0.2) is 5.78 Å². The molecule has 0 unspecified atom stereocenters. The van der Waals surface area contributed by atoms with Crippen LogP contribution in [-0.4, -0.2) is 28.0 Å². The van der Waals surface area contributed by atoms with E-state index in [4.69, 9.17) is 0 Å². The zero-order valence-electron chi connectivity index (χ0n) is 9.54. The Morgan fingerprint density at radius 2 is 2.31 bits per heavy atom. The first-order valence-electron chi connectivity index (χ1n) is 5.54. The molecule has 1 aromatic rings. The molecule has 1 aliphatic rings. The maximum atomic E-state index is 11.9. The van der Waals surface area contributed by atoms with E-state index in [0.717, 1.165) is 6.42 Å². The smallest absolute Gasteiger partial charge is 0.270 e. The lowest BCUT2D eigenvalue weighted by Gasteiger charge is -2.14. The molecule has 2 heterocycles. The van der Waals surface area contributed by atoms with Crippen molar-refractivity contribution in [1.82, 2.24) is 15.1 Å². The molecule has 16 heavy (non-hydrogen) atoms. The highest BCUT2D eigenvalue weighted by Crippen LogP contribution is 2.18. The minimum Gasteiger partial charge on any atom is -0.349 e. The van der Waals surface area contributed by atoms with Crippen LogP contribution in [0.2, 0.25) is 0 Å². The molecule has 0 bridgehead atoms. The van der Waals surface area contributed by atoms with Gasteiger partial charge in [-0.15, -0.1) is 0 Å². The Kier molecular flexibility index (Phi) is 2.77. The number of nitrogens with one attached hydrogen (secondary N) is 1. The molecule has 1 amide bonds. The molecule has 0 radical (unpaired) electrons. The van der Waals surface area contributed by atoms with E-state index in [1.807, 2.05) is 6.92 Å². The molecule has 5 nitrogen and oxygen atoms in total. The van der Waals surface area contributed by atoms with Gasteiger partial charge in [-0.3, -0.25) is 14.3 Å². The molecule has 0 aromatic carbocycles. The van der Waals surface area contributed by atoms with Crippen molar-refractivity contribution >= 4 is 11.7 Å². The van der Waals surface area contributed by atoms with Gasteiger partial charge in [0.05, 0.1) is 17.8 Å². The molecule has 5 heteroatoms. The number of amides is 1. The van der Waals surface area contributed by atoms with E-state index in [2.05, 4.69) is 10.4 Å². The van der Waals surface area contributed by atoms with Gasteiger partial charge in [-0.2, -0.15) is 5.10 Å². The second-order valence-corrected chi connectivity index (χ2v) is 3.96. The summed E-state index contributed by atoms with van der Waals surface area (Å²) in [6.07, 6.45) is 1.25. The summed E-state index contributed by atoms with van der Waals surface area (Å²) >= 11 is 0. The number of nitrogens with zero attached hydrogens (tertiary/aromatic N) is 2. The number of carbonyl (C=O) groups is 2. The fourth-order valence-electron chi connectivity index (χ4n) is 2.02. The van der Waals surface area contributed by atoms with Crippen molar-refractivity contribution in [2.75, 3.05) is 6.54 Å². The Labute approximate surface area is 93.8 Å². The van der Waals surface area contributed by atoms with Crippen LogP contribution in [0.1, 0.15) is 46.3 Å². The Bertz CT molecular complexity index is 448. The van der Waals surface area contributed by atoms with Crippen LogP contribution in [0, 0.1) is 6.92 Å². The summed E-state index contributed by atoms with van der Waals surface area (Å²) in [4.78, 5) is 23.6. The standard InChI is InChI=1S/C11H15N3O2/c1-3-4-8(15)9-7(2)13-14-6-5-12-11(16)10(9)14/h3-6H2,1-2H3,(H,12,16). The molecule has 86 valence electrons. The van der Waals surface area contributed by atoms with Crippen LogP contribution in [0.3, 0.4) is 0 Å². The van der Waals surface area contributed by atoms with Crippen molar-refractivity contribution in [1.29, 1.82) is 0 Å². The Hall–Kier alpha value is -1.65. The first kappa shape index (κ1) is 10.9. The summed E-state index contributed by atoms with van der Waals surface area (Å²) in [6.45, 7) is 4.94. The van der Waals surface area contributed by atoms with E-state index in [-0.39, 0.29) is 11.7 Å². The number of hydrogen-bond donors (Lipinski definition) is 1. The highest BCUT2D eigenvalue weighted by Gasteiger charge is 2.27. The third kappa shape index (κ3) is 1.62. The van der Waals surface area contributed by atoms with Crippen LogP contribution in [-0.2, 0) is 6.54 Å². The normalized spacial score (nSPS) is 14.5. The lowest BCUT2D eigenvalue weighted by atomic mass is 10.0. The summed E-state index contributed by atoms with van der Waals surface area (Å²) < 4.78 is 1.64. The molecular formula is C11H15N3O2. The second-order valence-electron chi connectivity index (χ2n) is 3.96. The van der Waals surface area contributed by atoms with Crippen LogP contribution in [0.15, 0.2) is 0 Å². The van der Waals surface area contributed by atoms with E-state index in [9.17, 15) is 9.59 Å². The maximum absolute atomic E-state index is 11.9. The summed E-state index contributed by atoms with van der Waals surface area (Å²) in [5.41, 5.74) is 1.59. The van der Waals surface area contributed by atoms with Gasteiger partial charge >= 0.3 is 0 Å². The number of ketones is 1. The number of aryl methyl sites for hydroxylation is 1. The number of rotatable bonds is 3. The van der Waals surface area contributed by atoms with Gasteiger partial charge in [0, 0.05) is 13.0 Å². The van der Waals surface area contributed by atoms with Gasteiger partial charge in [0.1, 0.15) is 5.69 Å². The average Bonchev–Trinajstić information content (AvgIpc) is 2.56. The van der Waals surface area contributed by atoms with E-state index in [0.29, 0.717) is 36.5 Å². The van der Waals surface area contributed by atoms with Crippen LogP contribution in [0.5, 0.6) is 0 Å². The third-order valence-corrected chi connectivity index (χ3v) is 2.71. The molecule has 0 spiro atoms. The van der Waals surface area contributed by atoms with Crippen molar-refractivity contribution in [3.05, 3.63) is 17.0 Å². The fourth-order valence-corrected chi connectivity index (χ4v) is 2.02. The van der Waals surface area contributed by atoms with Crippen LogP contribution in [0.4, 0.5) is 0 Å². The largest absolute Gasteiger partial charge is 0.349 e. The van der Waals surface area contributed by atoms with E-state index >= 15 is 0 Å². The lowest BCUT2D eigenvalue weighted by Crippen LogP contribution is -2.36. The zero-order chi connectivity index (χ0) is 11.7. The Morgan fingerprint density at radius 1 is 1.56 bits per heavy atom.